The molecule has 0 bridgehead atoms. The molecule has 0 aromatic rings. The van der Waals surface area contributed by atoms with E-state index in [0.29, 0.717) is 0 Å². The van der Waals surface area contributed by atoms with Crippen molar-refractivity contribution in [1.82, 2.24) is 0 Å². The molecule has 0 aliphatic carbocycles. The van der Waals surface area contributed by atoms with Crippen LogP contribution >= 0.6 is 0 Å². The molecule has 2 N–H and O–H groups in total. The Balaban J connectivity index is 5.14. The Labute approximate surface area is 131 Å². The van der Waals surface area contributed by atoms with Crippen LogP contribution in [-0.4, -0.2) is 21.9 Å². The summed E-state index contributed by atoms with van der Waals surface area (Å²) in [5.74, 6) is 6.06. The molecule has 0 radical (unpaired) electrons. The van der Waals surface area contributed by atoms with E-state index in [9.17, 15) is 10.2 Å². The second kappa shape index (κ2) is 10.9. The Morgan fingerprint density at radius 2 is 1.62 bits per heavy atom. The van der Waals surface area contributed by atoms with Crippen LogP contribution in [0.3, 0.4) is 0 Å². The standard InChI is InChI=1S/C19H34O2/c1-6-8-10-11-12-17(14-15-19(4,5)21)18(16(3)20)13-9-7-2/h16,20-21H,6-13H2,1-5H3/b18-17-. The highest BCUT2D eigenvalue weighted by Gasteiger charge is 2.12. The minimum atomic E-state index is -0.983. The fraction of sp³-hybridized carbons (Fsp3) is 0.789. The van der Waals surface area contributed by atoms with Gasteiger partial charge in [0.25, 0.3) is 0 Å². The van der Waals surface area contributed by atoms with Gasteiger partial charge in [0.1, 0.15) is 5.60 Å². The number of hydrogen-bond acceptors (Lipinski definition) is 2. The van der Waals surface area contributed by atoms with E-state index in [4.69, 9.17) is 0 Å². The number of aliphatic hydroxyl groups excluding tert-OH is 1. The van der Waals surface area contributed by atoms with Crippen LogP contribution in [0, 0.1) is 11.8 Å². The molecule has 0 rings (SSSR count). The van der Waals surface area contributed by atoms with Gasteiger partial charge in [-0.25, -0.2) is 0 Å². The van der Waals surface area contributed by atoms with Gasteiger partial charge in [-0.3, -0.25) is 0 Å². The lowest BCUT2D eigenvalue weighted by Crippen LogP contribution is -2.15. The third kappa shape index (κ3) is 10.6. The Kier molecular flexibility index (Phi) is 10.5. The predicted octanol–water partition coefficient (Wildman–Crippen LogP) is 4.60. The maximum absolute atomic E-state index is 10.1. The van der Waals surface area contributed by atoms with Gasteiger partial charge in [-0.1, -0.05) is 51.4 Å². The molecular weight excluding hydrogens is 260 g/mol. The zero-order chi connectivity index (χ0) is 16.3. The van der Waals surface area contributed by atoms with E-state index >= 15 is 0 Å². The molecule has 0 fully saturated rings. The van der Waals surface area contributed by atoms with Crippen LogP contribution in [0.4, 0.5) is 0 Å². The molecule has 0 aromatic heterocycles. The average molecular weight is 294 g/mol. The lowest BCUT2D eigenvalue weighted by atomic mass is 9.94. The molecule has 0 aliphatic heterocycles. The summed E-state index contributed by atoms with van der Waals surface area (Å²) in [7, 11) is 0. The minimum absolute atomic E-state index is 0.450. The lowest BCUT2D eigenvalue weighted by molar-refractivity contribution is 0.143. The Hall–Kier alpha value is -0.780. The van der Waals surface area contributed by atoms with Gasteiger partial charge in [-0.2, -0.15) is 0 Å². The zero-order valence-electron chi connectivity index (χ0n) is 14.6. The molecule has 0 saturated heterocycles. The van der Waals surface area contributed by atoms with Crippen molar-refractivity contribution in [2.24, 2.45) is 0 Å². The molecule has 122 valence electrons. The Morgan fingerprint density at radius 3 is 2.10 bits per heavy atom. The van der Waals surface area contributed by atoms with Crippen molar-refractivity contribution < 1.29 is 10.2 Å². The number of allylic oxidation sites excluding steroid dienone is 1. The fourth-order valence-electron chi connectivity index (χ4n) is 2.24. The van der Waals surface area contributed by atoms with E-state index in [-0.39, 0.29) is 0 Å². The molecule has 0 heterocycles. The molecule has 21 heavy (non-hydrogen) atoms. The molecule has 0 aromatic carbocycles. The quantitative estimate of drug-likeness (QED) is 0.482. The molecule has 2 heteroatoms. The number of hydrogen-bond donors (Lipinski definition) is 2. The van der Waals surface area contributed by atoms with E-state index in [1.54, 1.807) is 13.8 Å². The van der Waals surface area contributed by atoms with E-state index in [1.807, 2.05) is 6.92 Å². The SMILES string of the molecule is CCCCCC/C(C#CC(C)(C)O)=C(\CCCC)C(C)O. The molecule has 1 atom stereocenters. The number of rotatable bonds is 9. The highest BCUT2D eigenvalue weighted by molar-refractivity contribution is 5.37. The summed E-state index contributed by atoms with van der Waals surface area (Å²) in [6.45, 7) is 9.57. The minimum Gasteiger partial charge on any atom is -0.389 e. The van der Waals surface area contributed by atoms with Gasteiger partial charge in [0.15, 0.2) is 0 Å². The number of aliphatic hydroxyl groups is 2. The van der Waals surface area contributed by atoms with Crippen molar-refractivity contribution in [2.45, 2.75) is 97.7 Å². The molecular formula is C19H34O2. The first kappa shape index (κ1) is 20.2. The highest BCUT2D eigenvalue weighted by atomic mass is 16.3. The predicted molar refractivity (Wildman–Crippen MR) is 91.1 cm³/mol. The third-order valence-corrected chi connectivity index (χ3v) is 3.49. The fourth-order valence-corrected chi connectivity index (χ4v) is 2.24. The number of unbranched alkanes of at least 4 members (excludes halogenated alkanes) is 4. The van der Waals surface area contributed by atoms with Crippen LogP contribution < -0.4 is 0 Å². The summed E-state index contributed by atoms with van der Waals surface area (Å²) < 4.78 is 0. The highest BCUT2D eigenvalue weighted by Crippen LogP contribution is 2.21. The van der Waals surface area contributed by atoms with Crippen LogP contribution in [0.1, 0.15) is 86.0 Å². The van der Waals surface area contributed by atoms with E-state index in [0.717, 1.165) is 43.3 Å². The second-order valence-electron chi connectivity index (χ2n) is 6.40. The zero-order valence-corrected chi connectivity index (χ0v) is 14.6. The maximum atomic E-state index is 10.1. The van der Waals surface area contributed by atoms with Crippen LogP contribution in [0.2, 0.25) is 0 Å². The van der Waals surface area contributed by atoms with Gasteiger partial charge in [0.2, 0.25) is 0 Å². The lowest BCUT2D eigenvalue weighted by Gasteiger charge is -2.15. The van der Waals surface area contributed by atoms with Crippen LogP contribution in [-0.2, 0) is 0 Å². The summed E-state index contributed by atoms with van der Waals surface area (Å²) in [6.07, 6.45) is 8.30. The largest absolute Gasteiger partial charge is 0.389 e. The topological polar surface area (TPSA) is 40.5 Å². The Morgan fingerprint density at radius 1 is 1.00 bits per heavy atom. The van der Waals surface area contributed by atoms with Crippen molar-refractivity contribution in [1.29, 1.82) is 0 Å². The normalized spacial score (nSPS) is 14.2. The van der Waals surface area contributed by atoms with Gasteiger partial charge in [0.05, 0.1) is 6.10 Å². The summed E-state index contributed by atoms with van der Waals surface area (Å²) in [5.41, 5.74) is 1.12. The van der Waals surface area contributed by atoms with Gasteiger partial charge in [-0.15, -0.1) is 0 Å². The summed E-state index contributed by atoms with van der Waals surface area (Å²) in [4.78, 5) is 0. The van der Waals surface area contributed by atoms with Crippen LogP contribution in [0.5, 0.6) is 0 Å². The monoisotopic (exact) mass is 294 g/mol. The van der Waals surface area contributed by atoms with E-state index in [2.05, 4.69) is 25.7 Å². The molecule has 0 amide bonds. The van der Waals surface area contributed by atoms with Gasteiger partial charge >= 0.3 is 0 Å². The summed E-state index contributed by atoms with van der Waals surface area (Å²) >= 11 is 0. The van der Waals surface area contributed by atoms with Crippen molar-refractivity contribution in [2.75, 3.05) is 0 Å². The first-order valence-corrected chi connectivity index (χ1v) is 8.47. The average Bonchev–Trinajstić information content (AvgIpc) is 2.38. The molecule has 0 aliphatic rings. The third-order valence-electron chi connectivity index (χ3n) is 3.49. The smallest absolute Gasteiger partial charge is 0.120 e. The van der Waals surface area contributed by atoms with E-state index < -0.39 is 11.7 Å². The van der Waals surface area contributed by atoms with Crippen LogP contribution in [0.25, 0.3) is 0 Å². The van der Waals surface area contributed by atoms with E-state index in [1.165, 1.54) is 19.3 Å². The van der Waals surface area contributed by atoms with Gasteiger partial charge in [-0.05, 0) is 52.0 Å². The summed E-state index contributed by atoms with van der Waals surface area (Å²) in [6, 6.07) is 0. The second-order valence-corrected chi connectivity index (χ2v) is 6.40. The molecule has 0 spiro atoms. The van der Waals surface area contributed by atoms with Gasteiger partial charge < -0.3 is 10.2 Å². The first-order chi connectivity index (χ1) is 9.81. The van der Waals surface area contributed by atoms with Crippen molar-refractivity contribution >= 4 is 0 Å². The van der Waals surface area contributed by atoms with Crippen LogP contribution in [0.15, 0.2) is 11.1 Å². The van der Waals surface area contributed by atoms with Crippen molar-refractivity contribution in [3.05, 3.63) is 11.1 Å². The maximum Gasteiger partial charge on any atom is 0.120 e. The summed E-state index contributed by atoms with van der Waals surface area (Å²) in [5, 5.41) is 19.9. The molecule has 0 saturated carbocycles. The first-order valence-electron chi connectivity index (χ1n) is 8.47. The molecule has 1 unspecified atom stereocenters. The Bertz CT molecular complexity index is 361. The van der Waals surface area contributed by atoms with Crippen molar-refractivity contribution in [3.8, 4) is 11.8 Å². The van der Waals surface area contributed by atoms with Crippen molar-refractivity contribution in [3.63, 3.8) is 0 Å². The molecule has 2 nitrogen and oxygen atoms in total. The van der Waals surface area contributed by atoms with Gasteiger partial charge in [0, 0.05) is 5.57 Å².